The Balaban J connectivity index is 1.95. The number of ether oxygens (including phenoxy) is 3. The van der Waals surface area contributed by atoms with Gasteiger partial charge in [0.15, 0.2) is 11.5 Å². The quantitative estimate of drug-likeness (QED) is 0.290. The number of para-hydroxylation sites is 1. The van der Waals surface area contributed by atoms with Crippen LogP contribution in [-0.2, 0) is 25.6 Å². The lowest BCUT2D eigenvalue weighted by atomic mass is 9.98. The van der Waals surface area contributed by atoms with Gasteiger partial charge in [0.05, 0.1) is 25.8 Å². The van der Waals surface area contributed by atoms with Crippen LogP contribution in [0.3, 0.4) is 0 Å². The Morgan fingerprint density at radius 1 is 0.865 bits per heavy atom. The van der Waals surface area contributed by atoms with Crippen LogP contribution in [0.15, 0.2) is 42.5 Å². The number of amides is 5. The number of hydrogen-bond donors (Lipinski definition) is 4. The molecule has 0 aromatic heterocycles. The molecule has 0 fully saturated rings. The van der Waals surface area contributed by atoms with E-state index in [0.29, 0.717) is 30.9 Å². The Kier molecular flexibility index (Phi) is 15.8. The summed E-state index contributed by atoms with van der Waals surface area (Å²) in [6.45, 7) is 11.8. The fraction of sp³-hybridized carbons (Fsp3) is 0.564. The Labute approximate surface area is 307 Å². The van der Waals surface area contributed by atoms with Crippen molar-refractivity contribution in [3.05, 3.63) is 53.6 Å². The van der Waals surface area contributed by atoms with Gasteiger partial charge in [0.2, 0.25) is 23.6 Å². The zero-order chi connectivity index (χ0) is 38.5. The molecule has 0 spiro atoms. The van der Waals surface area contributed by atoms with Crippen LogP contribution < -0.4 is 35.5 Å². The summed E-state index contributed by atoms with van der Waals surface area (Å²) in [5.41, 5.74) is 1.12. The van der Waals surface area contributed by atoms with Crippen molar-refractivity contribution in [2.24, 2.45) is 17.8 Å². The molecule has 0 saturated carbocycles. The molecule has 286 valence electrons. The molecular weight excluding hydrogens is 666 g/mol. The maximum Gasteiger partial charge on any atom is 0.255 e. The van der Waals surface area contributed by atoms with E-state index < -0.39 is 41.9 Å². The second-order valence-corrected chi connectivity index (χ2v) is 14.4. The van der Waals surface area contributed by atoms with Gasteiger partial charge < -0.3 is 40.4 Å². The van der Waals surface area contributed by atoms with Gasteiger partial charge in [0, 0.05) is 20.0 Å². The van der Waals surface area contributed by atoms with Gasteiger partial charge in [-0.05, 0) is 66.8 Å². The topological polar surface area (TPSA) is 164 Å². The molecule has 3 rings (SSSR count). The van der Waals surface area contributed by atoms with E-state index in [2.05, 4.69) is 21.3 Å². The molecule has 52 heavy (non-hydrogen) atoms. The summed E-state index contributed by atoms with van der Waals surface area (Å²) in [5.74, 6) is -1.05. The normalized spacial score (nSPS) is 20.8. The van der Waals surface area contributed by atoms with Crippen molar-refractivity contribution < 1.29 is 38.2 Å². The predicted molar refractivity (Wildman–Crippen MR) is 198 cm³/mol. The number of hydrogen-bond acceptors (Lipinski definition) is 8. The van der Waals surface area contributed by atoms with Gasteiger partial charge in [-0.1, -0.05) is 59.7 Å². The van der Waals surface area contributed by atoms with Crippen molar-refractivity contribution in [3.63, 3.8) is 0 Å². The van der Waals surface area contributed by atoms with Crippen LogP contribution >= 0.6 is 0 Å². The van der Waals surface area contributed by atoms with Crippen molar-refractivity contribution in [3.8, 4) is 17.2 Å². The first-order valence-electron chi connectivity index (χ1n) is 18.0. The molecule has 4 atom stereocenters. The molecule has 4 N–H and O–H groups in total. The smallest absolute Gasteiger partial charge is 0.255 e. The summed E-state index contributed by atoms with van der Waals surface area (Å²) in [6.07, 6.45) is 0.658. The van der Waals surface area contributed by atoms with Gasteiger partial charge in [0.25, 0.3) is 5.91 Å². The highest BCUT2D eigenvalue weighted by molar-refractivity contribution is 6.00. The third-order valence-corrected chi connectivity index (χ3v) is 9.11. The minimum atomic E-state index is -1.06. The van der Waals surface area contributed by atoms with Crippen molar-refractivity contribution >= 4 is 29.5 Å². The molecule has 2 aromatic rings. The number of carbonyl (C=O) groups is 5. The van der Waals surface area contributed by atoms with Gasteiger partial charge in [-0.3, -0.25) is 24.0 Å². The second kappa shape index (κ2) is 19.7. The molecule has 1 heterocycles. The number of nitrogens with zero attached hydrogens (tertiary/aromatic N) is 1. The zero-order valence-corrected chi connectivity index (χ0v) is 32.0. The van der Waals surface area contributed by atoms with Gasteiger partial charge in [-0.25, -0.2) is 0 Å². The van der Waals surface area contributed by atoms with Crippen LogP contribution in [0.1, 0.15) is 76.7 Å². The van der Waals surface area contributed by atoms with Crippen LogP contribution in [0.25, 0.3) is 0 Å². The lowest BCUT2D eigenvalue weighted by Gasteiger charge is -2.30. The van der Waals surface area contributed by atoms with E-state index in [4.69, 9.17) is 14.2 Å². The number of carbonyl (C=O) groups excluding carboxylic acids is 5. The largest absolute Gasteiger partial charge is 0.493 e. The fourth-order valence-electron chi connectivity index (χ4n) is 5.87. The van der Waals surface area contributed by atoms with Crippen molar-refractivity contribution in [2.75, 3.05) is 34.4 Å². The summed E-state index contributed by atoms with van der Waals surface area (Å²) in [4.78, 5) is 69.8. The third-order valence-electron chi connectivity index (χ3n) is 9.11. The molecule has 1 aliphatic rings. The average Bonchev–Trinajstić information content (AvgIpc) is 3.11. The van der Waals surface area contributed by atoms with Crippen molar-refractivity contribution in [1.29, 1.82) is 0 Å². The van der Waals surface area contributed by atoms with E-state index in [-0.39, 0.29) is 60.3 Å². The van der Waals surface area contributed by atoms with Gasteiger partial charge in [-0.2, -0.15) is 0 Å². The number of likely N-dealkylation sites (N-methyl/N-ethyl adjacent to an activating group) is 1. The first-order chi connectivity index (χ1) is 24.6. The standard InChI is InChI=1S/C39H57N5O8/c1-23(2)20-29-37(47)43-35(25(5)6)38(48)42-30(24(3)4)22-52-31-13-11-10-12-27(31)36(46)41-28(15-17-34(45)40-29)39(49)44(7)19-18-26-14-16-32(50-8)33(21-26)51-9/h10-14,16,21,23-25,28-30,35H,15,17-20,22H2,1-9H3,(H,40,45)(H,41,46)(H,42,48)(H,43,47)/t28-,29+,30-,35-/m0/s1. The van der Waals surface area contributed by atoms with Gasteiger partial charge >= 0.3 is 0 Å². The minimum Gasteiger partial charge on any atom is -0.493 e. The number of fused-ring (bicyclic) bond motifs is 1. The minimum absolute atomic E-state index is 0.0252. The van der Waals surface area contributed by atoms with Crippen molar-refractivity contribution in [2.45, 2.75) is 91.4 Å². The van der Waals surface area contributed by atoms with E-state index in [1.807, 2.05) is 53.7 Å². The summed E-state index contributed by atoms with van der Waals surface area (Å²) in [7, 11) is 4.76. The fourth-order valence-corrected chi connectivity index (χ4v) is 5.87. The lowest BCUT2D eigenvalue weighted by Crippen LogP contribution is -2.58. The van der Waals surface area contributed by atoms with Crippen LogP contribution in [0, 0.1) is 17.8 Å². The molecule has 13 heteroatoms. The average molecular weight is 724 g/mol. The number of benzene rings is 2. The molecule has 2 aromatic carbocycles. The number of methoxy groups -OCH3 is 2. The molecule has 13 nitrogen and oxygen atoms in total. The first kappa shape index (κ1) is 41.6. The van der Waals surface area contributed by atoms with Gasteiger partial charge in [-0.15, -0.1) is 0 Å². The van der Waals surface area contributed by atoms with E-state index in [9.17, 15) is 24.0 Å². The highest BCUT2D eigenvalue weighted by Crippen LogP contribution is 2.28. The van der Waals surface area contributed by atoms with Crippen LogP contribution in [0.4, 0.5) is 0 Å². The Hall–Kier alpha value is -4.81. The monoisotopic (exact) mass is 723 g/mol. The molecular formula is C39H57N5O8. The number of rotatable bonds is 10. The highest BCUT2D eigenvalue weighted by Gasteiger charge is 2.32. The maximum atomic E-state index is 13.9. The molecule has 0 unspecified atom stereocenters. The summed E-state index contributed by atoms with van der Waals surface area (Å²) in [6, 6.07) is 8.91. The molecule has 0 bridgehead atoms. The molecule has 0 aliphatic carbocycles. The molecule has 1 aliphatic heterocycles. The Morgan fingerprint density at radius 2 is 1.56 bits per heavy atom. The van der Waals surface area contributed by atoms with Crippen LogP contribution in [0.5, 0.6) is 17.2 Å². The molecule has 5 amide bonds. The molecule has 0 saturated heterocycles. The van der Waals surface area contributed by atoms with Crippen LogP contribution in [-0.4, -0.2) is 93.0 Å². The maximum absolute atomic E-state index is 13.9. The zero-order valence-electron chi connectivity index (χ0n) is 32.0. The molecule has 0 radical (unpaired) electrons. The van der Waals surface area contributed by atoms with Gasteiger partial charge in [0.1, 0.15) is 30.5 Å². The van der Waals surface area contributed by atoms with Crippen molar-refractivity contribution in [1.82, 2.24) is 26.2 Å². The summed E-state index contributed by atoms with van der Waals surface area (Å²) < 4.78 is 16.9. The van der Waals surface area contributed by atoms with E-state index in [1.54, 1.807) is 51.6 Å². The SMILES string of the molecule is COc1ccc(CCN(C)C(=O)[C@@H]2CCC(=O)N[C@H](CC(C)C)C(=O)N[C@@H](C(C)C)C(=O)N[C@H](C(C)C)COc3ccccc3C(=O)N2)cc1OC. The van der Waals surface area contributed by atoms with E-state index in [0.717, 1.165) is 5.56 Å². The third kappa shape index (κ3) is 11.9. The number of nitrogens with one attached hydrogen (secondary N) is 4. The Morgan fingerprint density at radius 3 is 2.19 bits per heavy atom. The summed E-state index contributed by atoms with van der Waals surface area (Å²) in [5, 5.41) is 11.6. The predicted octanol–water partition coefficient (Wildman–Crippen LogP) is 3.49. The second-order valence-electron chi connectivity index (χ2n) is 14.4. The van der Waals surface area contributed by atoms with E-state index in [1.165, 1.54) is 4.90 Å². The van der Waals surface area contributed by atoms with Crippen LogP contribution in [0.2, 0.25) is 0 Å². The lowest BCUT2D eigenvalue weighted by molar-refractivity contribution is -0.134. The first-order valence-corrected chi connectivity index (χ1v) is 18.0. The van der Waals surface area contributed by atoms with E-state index >= 15 is 0 Å². The summed E-state index contributed by atoms with van der Waals surface area (Å²) >= 11 is 0. The highest BCUT2D eigenvalue weighted by atomic mass is 16.5. The Bertz CT molecular complexity index is 1540.